The fraction of sp³-hybridized carbons (Fsp3) is 0.364. The first-order valence-electron chi connectivity index (χ1n) is 4.70. The van der Waals surface area contributed by atoms with E-state index in [1.54, 1.807) is 26.2 Å². The minimum Gasteiger partial charge on any atom is -0.484 e. The molecule has 82 valence electrons. The zero-order chi connectivity index (χ0) is 11.4. The Morgan fingerprint density at radius 2 is 2.13 bits per heavy atom. The second kappa shape index (κ2) is 4.68. The fourth-order valence-electron chi connectivity index (χ4n) is 1.01. The number of nitrogens with zero attached hydrogens (tertiary/aromatic N) is 1. The fourth-order valence-corrected chi connectivity index (χ4v) is 1.01. The van der Waals surface area contributed by atoms with E-state index in [1.807, 2.05) is 13.0 Å². The maximum absolute atomic E-state index is 11.2. The normalized spacial score (nSPS) is 9.80. The Hall–Kier alpha value is -1.71. The summed E-state index contributed by atoms with van der Waals surface area (Å²) in [4.78, 5) is 12.7. The molecule has 0 aliphatic rings. The van der Waals surface area contributed by atoms with Gasteiger partial charge in [0, 0.05) is 19.8 Å². The highest BCUT2D eigenvalue weighted by atomic mass is 16.5. The number of carbonyl (C=O) groups excluding carboxylic acids is 1. The molecule has 4 nitrogen and oxygen atoms in total. The zero-order valence-electron chi connectivity index (χ0n) is 9.28. The van der Waals surface area contributed by atoms with Crippen molar-refractivity contribution in [2.45, 2.75) is 6.92 Å². The summed E-state index contributed by atoms with van der Waals surface area (Å²) in [6, 6.07) is 5.34. The number of carbonyl (C=O) groups is 1. The number of benzene rings is 1. The van der Waals surface area contributed by atoms with E-state index < -0.39 is 0 Å². The van der Waals surface area contributed by atoms with E-state index >= 15 is 0 Å². The molecule has 0 unspecified atom stereocenters. The average molecular weight is 208 g/mol. The highest BCUT2D eigenvalue weighted by Crippen LogP contribution is 2.18. The van der Waals surface area contributed by atoms with Crippen LogP contribution in [0.3, 0.4) is 0 Å². The molecule has 1 aromatic rings. The second-order valence-electron chi connectivity index (χ2n) is 3.60. The van der Waals surface area contributed by atoms with E-state index in [4.69, 9.17) is 10.5 Å². The van der Waals surface area contributed by atoms with Crippen molar-refractivity contribution in [3.63, 3.8) is 0 Å². The lowest BCUT2D eigenvalue weighted by Gasteiger charge is -2.11. The number of ether oxygens (including phenoxy) is 1. The minimum atomic E-state index is -0.0653. The molecular formula is C11H16N2O2. The monoisotopic (exact) mass is 208 g/mol. The van der Waals surface area contributed by atoms with Gasteiger partial charge >= 0.3 is 0 Å². The van der Waals surface area contributed by atoms with E-state index in [0.717, 1.165) is 11.3 Å². The Morgan fingerprint density at radius 3 is 2.67 bits per heavy atom. The number of nitrogen functional groups attached to an aromatic ring is 1. The standard InChI is InChI=1S/C11H16N2O2/c1-8-6-9(4-5-10(8)12)15-7-11(14)13(2)3/h4-6H,7,12H2,1-3H3. The molecule has 0 saturated carbocycles. The number of nitrogens with two attached hydrogens (primary N) is 1. The van der Waals surface area contributed by atoms with Crippen LogP contribution in [0.1, 0.15) is 5.56 Å². The molecule has 0 aliphatic heterocycles. The van der Waals surface area contributed by atoms with Crippen molar-refractivity contribution in [1.82, 2.24) is 4.90 Å². The molecule has 0 saturated heterocycles. The summed E-state index contributed by atoms with van der Waals surface area (Å²) in [6.07, 6.45) is 0. The predicted octanol–water partition coefficient (Wildman–Crippen LogP) is 1.04. The largest absolute Gasteiger partial charge is 0.484 e. The van der Waals surface area contributed by atoms with Crippen molar-refractivity contribution < 1.29 is 9.53 Å². The number of aryl methyl sites for hydroxylation is 1. The molecule has 4 heteroatoms. The number of anilines is 1. The van der Waals surface area contributed by atoms with Crippen molar-refractivity contribution in [3.05, 3.63) is 23.8 Å². The molecule has 15 heavy (non-hydrogen) atoms. The summed E-state index contributed by atoms with van der Waals surface area (Å²) in [7, 11) is 3.39. The summed E-state index contributed by atoms with van der Waals surface area (Å²) < 4.78 is 5.32. The van der Waals surface area contributed by atoms with Gasteiger partial charge in [0.15, 0.2) is 6.61 Å². The summed E-state index contributed by atoms with van der Waals surface area (Å²) in [5, 5.41) is 0. The molecule has 0 aliphatic carbocycles. The summed E-state index contributed by atoms with van der Waals surface area (Å²) in [6.45, 7) is 1.95. The van der Waals surface area contributed by atoms with Gasteiger partial charge in [-0.3, -0.25) is 4.79 Å². The average Bonchev–Trinajstić information content (AvgIpc) is 2.19. The van der Waals surface area contributed by atoms with Crippen LogP contribution in [-0.4, -0.2) is 31.5 Å². The van der Waals surface area contributed by atoms with E-state index in [9.17, 15) is 4.79 Å². The van der Waals surface area contributed by atoms with Crippen LogP contribution in [0.25, 0.3) is 0 Å². The first kappa shape index (κ1) is 11.4. The van der Waals surface area contributed by atoms with Crippen LogP contribution in [0.5, 0.6) is 5.75 Å². The summed E-state index contributed by atoms with van der Waals surface area (Å²) in [5.74, 6) is 0.598. The molecule has 1 aromatic carbocycles. The first-order valence-corrected chi connectivity index (χ1v) is 4.70. The maximum Gasteiger partial charge on any atom is 0.259 e. The van der Waals surface area contributed by atoms with Crippen molar-refractivity contribution in [2.24, 2.45) is 0 Å². The van der Waals surface area contributed by atoms with Crippen molar-refractivity contribution in [3.8, 4) is 5.75 Å². The lowest BCUT2D eigenvalue weighted by molar-refractivity contribution is -0.130. The smallest absolute Gasteiger partial charge is 0.259 e. The third kappa shape index (κ3) is 3.16. The van der Waals surface area contributed by atoms with Gasteiger partial charge in [0.2, 0.25) is 0 Å². The molecule has 0 heterocycles. The lowest BCUT2D eigenvalue weighted by Crippen LogP contribution is -2.27. The molecule has 0 atom stereocenters. The summed E-state index contributed by atoms with van der Waals surface area (Å²) >= 11 is 0. The quantitative estimate of drug-likeness (QED) is 0.755. The topological polar surface area (TPSA) is 55.6 Å². The number of hydrogen-bond donors (Lipinski definition) is 1. The molecule has 2 N–H and O–H groups in total. The first-order chi connectivity index (χ1) is 7.00. The van der Waals surface area contributed by atoms with Crippen molar-refractivity contribution in [1.29, 1.82) is 0 Å². The van der Waals surface area contributed by atoms with E-state index in [2.05, 4.69) is 0 Å². The van der Waals surface area contributed by atoms with E-state index in [0.29, 0.717) is 5.75 Å². The van der Waals surface area contributed by atoms with Crippen LogP contribution in [0, 0.1) is 6.92 Å². The van der Waals surface area contributed by atoms with Gasteiger partial charge in [0.05, 0.1) is 0 Å². The van der Waals surface area contributed by atoms with Crippen molar-refractivity contribution in [2.75, 3.05) is 26.4 Å². The Kier molecular flexibility index (Phi) is 3.55. The number of rotatable bonds is 3. The highest BCUT2D eigenvalue weighted by Gasteiger charge is 2.05. The van der Waals surface area contributed by atoms with Crippen LogP contribution in [-0.2, 0) is 4.79 Å². The van der Waals surface area contributed by atoms with Gasteiger partial charge in [-0.2, -0.15) is 0 Å². The highest BCUT2D eigenvalue weighted by molar-refractivity contribution is 5.77. The summed E-state index contributed by atoms with van der Waals surface area (Å²) in [5.41, 5.74) is 7.33. The molecule has 0 aromatic heterocycles. The van der Waals surface area contributed by atoms with Gasteiger partial charge in [0.1, 0.15) is 5.75 Å². The van der Waals surface area contributed by atoms with Gasteiger partial charge in [-0.15, -0.1) is 0 Å². The second-order valence-corrected chi connectivity index (χ2v) is 3.60. The number of hydrogen-bond acceptors (Lipinski definition) is 3. The van der Waals surface area contributed by atoms with Gasteiger partial charge in [-0.25, -0.2) is 0 Å². The van der Waals surface area contributed by atoms with Crippen molar-refractivity contribution >= 4 is 11.6 Å². The van der Waals surface area contributed by atoms with Gasteiger partial charge in [0.25, 0.3) is 5.91 Å². The number of amides is 1. The van der Waals surface area contributed by atoms with Gasteiger partial charge in [-0.1, -0.05) is 0 Å². The van der Waals surface area contributed by atoms with E-state index in [-0.39, 0.29) is 12.5 Å². The third-order valence-electron chi connectivity index (χ3n) is 2.10. The third-order valence-corrected chi connectivity index (χ3v) is 2.10. The lowest BCUT2D eigenvalue weighted by atomic mass is 10.2. The Bertz CT molecular complexity index is 362. The minimum absolute atomic E-state index is 0.0519. The zero-order valence-corrected chi connectivity index (χ0v) is 9.28. The van der Waals surface area contributed by atoms with Gasteiger partial charge < -0.3 is 15.4 Å². The van der Waals surface area contributed by atoms with Crippen LogP contribution in [0.4, 0.5) is 5.69 Å². The Balaban J connectivity index is 2.58. The maximum atomic E-state index is 11.2. The van der Waals surface area contributed by atoms with Crippen LogP contribution < -0.4 is 10.5 Å². The molecule has 0 radical (unpaired) electrons. The molecule has 1 rings (SSSR count). The number of likely N-dealkylation sites (N-methyl/N-ethyl adjacent to an activating group) is 1. The Labute approximate surface area is 89.6 Å². The van der Waals surface area contributed by atoms with Crippen LogP contribution in [0.2, 0.25) is 0 Å². The SMILES string of the molecule is Cc1cc(OCC(=O)N(C)C)ccc1N. The van der Waals surface area contributed by atoms with Crippen LogP contribution in [0.15, 0.2) is 18.2 Å². The van der Waals surface area contributed by atoms with Gasteiger partial charge in [-0.05, 0) is 30.7 Å². The molecule has 0 bridgehead atoms. The van der Waals surface area contributed by atoms with E-state index in [1.165, 1.54) is 4.90 Å². The Morgan fingerprint density at radius 1 is 1.47 bits per heavy atom. The van der Waals surface area contributed by atoms with Crippen LogP contribution >= 0.6 is 0 Å². The molecule has 1 amide bonds. The molecule has 0 fully saturated rings. The predicted molar refractivity (Wildman–Crippen MR) is 59.8 cm³/mol. The molecule has 0 spiro atoms. The molecular weight excluding hydrogens is 192 g/mol.